The fraction of sp³-hybridized carbons (Fsp3) is 0.304. The summed E-state index contributed by atoms with van der Waals surface area (Å²) in [5.74, 6) is -1.22. The van der Waals surface area contributed by atoms with Gasteiger partial charge >= 0.3 is 0 Å². The van der Waals surface area contributed by atoms with E-state index in [1.807, 2.05) is 44.2 Å². The molecule has 7 heteroatoms. The van der Waals surface area contributed by atoms with Crippen molar-refractivity contribution in [3.63, 3.8) is 0 Å². The summed E-state index contributed by atoms with van der Waals surface area (Å²) < 4.78 is 1.29. The molecule has 7 nitrogen and oxygen atoms in total. The van der Waals surface area contributed by atoms with Crippen LogP contribution in [0, 0.1) is 0 Å². The molecule has 2 amide bonds. The van der Waals surface area contributed by atoms with Gasteiger partial charge in [0.25, 0.3) is 11.5 Å². The van der Waals surface area contributed by atoms with Gasteiger partial charge in [-0.05, 0) is 24.5 Å². The molecule has 1 aromatic heterocycles. The van der Waals surface area contributed by atoms with E-state index in [1.165, 1.54) is 4.68 Å². The third kappa shape index (κ3) is 4.56. The lowest BCUT2D eigenvalue weighted by molar-refractivity contribution is -0.123. The number of carbonyl (C=O) groups is 2. The lowest BCUT2D eigenvalue weighted by Gasteiger charge is -2.17. The van der Waals surface area contributed by atoms with E-state index >= 15 is 0 Å². The van der Waals surface area contributed by atoms with Crippen molar-refractivity contribution in [3.05, 3.63) is 76.2 Å². The van der Waals surface area contributed by atoms with Gasteiger partial charge in [0.2, 0.25) is 5.91 Å². The Morgan fingerprint density at radius 1 is 0.933 bits per heavy atom. The van der Waals surface area contributed by atoms with Crippen molar-refractivity contribution in [1.82, 2.24) is 20.6 Å². The van der Waals surface area contributed by atoms with Crippen LogP contribution < -0.4 is 16.4 Å². The minimum absolute atomic E-state index is 0.103. The topological polar surface area (TPSA) is 93.1 Å². The van der Waals surface area contributed by atoms with Crippen LogP contribution in [-0.4, -0.2) is 21.6 Å². The van der Waals surface area contributed by atoms with Gasteiger partial charge in [-0.25, -0.2) is 4.68 Å². The fourth-order valence-corrected chi connectivity index (χ4v) is 3.45. The Morgan fingerprint density at radius 2 is 1.60 bits per heavy atom. The molecule has 2 N–H and O–H groups in total. The molecule has 2 aromatic carbocycles. The third-order valence-corrected chi connectivity index (χ3v) is 4.91. The van der Waals surface area contributed by atoms with Crippen LogP contribution in [0.4, 0.5) is 0 Å². The van der Waals surface area contributed by atoms with Gasteiger partial charge in [-0.1, -0.05) is 68.8 Å². The lowest BCUT2D eigenvalue weighted by atomic mass is 9.94. The minimum Gasteiger partial charge on any atom is -0.273 e. The fourth-order valence-electron chi connectivity index (χ4n) is 3.45. The highest BCUT2D eigenvalue weighted by Gasteiger charge is 2.22. The van der Waals surface area contributed by atoms with E-state index in [0.29, 0.717) is 30.2 Å². The van der Waals surface area contributed by atoms with Crippen molar-refractivity contribution >= 4 is 22.6 Å². The van der Waals surface area contributed by atoms with Crippen molar-refractivity contribution in [2.24, 2.45) is 0 Å². The number of hydrogen-bond acceptors (Lipinski definition) is 4. The lowest BCUT2D eigenvalue weighted by Crippen LogP contribution is -2.44. The largest absolute Gasteiger partial charge is 0.290 e. The van der Waals surface area contributed by atoms with Crippen LogP contribution >= 0.6 is 0 Å². The number of nitrogens with one attached hydrogen (secondary N) is 2. The quantitative estimate of drug-likeness (QED) is 0.590. The number of aryl methyl sites for hydroxylation is 1. The van der Waals surface area contributed by atoms with E-state index in [9.17, 15) is 14.4 Å². The molecular formula is C23H26N4O3. The van der Waals surface area contributed by atoms with E-state index in [-0.39, 0.29) is 23.1 Å². The summed E-state index contributed by atoms with van der Waals surface area (Å²) in [7, 11) is 0. The van der Waals surface area contributed by atoms with Gasteiger partial charge in [0.15, 0.2) is 5.69 Å². The van der Waals surface area contributed by atoms with E-state index in [1.54, 1.807) is 24.3 Å². The molecule has 0 radical (unpaired) electrons. The van der Waals surface area contributed by atoms with Gasteiger partial charge in [0.05, 0.1) is 11.3 Å². The highest BCUT2D eigenvalue weighted by Crippen LogP contribution is 2.21. The van der Waals surface area contributed by atoms with Crippen LogP contribution in [-0.2, 0) is 11.3 Å². The summed E-state index contributed by atoms with van der Waals surface area (Å²) in [4.78, 5) is 38.2. The van der Waals surface area contributed by atoms with Crippen LogP contribution in [0.1, 0.15) is 55.1 Å². The predicted molar refractivity (Wildman–Crippen MR) is 116 cm³/mol. The number of hydrazine groups is 1. The third-order valence-electron chi connectivity index (χ3n) is 4.91. The molecule has 156 valence electrons. The first-order valence-electron chi connectivity index (χ1n) is 10.2. The summed E-state index contributed by atoms with van der Waals surface area (Å²) in [6.07, 6.45) is 2.20. The zero-order valence-corrected chi connectivity index (χ0v) is 17.2. The molecule has 0 aliphatic carbocycles. The molecule has 3 rings (SSSR count). The summed E-state index contributed by atoms with van der Waals surface area (Å²) in [5, 5.41) is 5.12. The standard InChI is InChI=1S/C23H26N4O3/c1-3-10-17(16-11-6-5-7-12-16)21(28)24-25-22(29)20-18-13-8-9-14-19(18)23(30)27(26-20)15-4-2/h5-9,11-14,17H,3-4,10,15H2,1-2H3,(H,24,28)(H,25,29)/t17-/m0/s1. The van der Waals surface area contributed by atoms with E-state index < -0.39 is 5.91 Å². The second-order valence-corrected chi connectivity index (χ2v) is 7.12. The molecule has 0 unspecified atom stereocenters. The highest BCUT2D eigenvalue weighted by molar-refractivity contribution is 6.05. The Hall–Kier alpha value is -3.48. The maximum absolute atomic E-state index is 12.8. The van der Waals surface area contributed by atoms with Gasteiger partial charge < -0.3 is 0 Å². The van der Waals surface area contributed by atoms with Gasteiger partial charge in [-0.3, -0.25) is 25.2 Å². The van der Waals surface area contributed by atoms with Crippen molar-refractivity contribution in [1.29, 1.82) is 0 Å². The molecule has 0 spiro atoms. The SMILES string of the molecule is CCC[C@H](C(=O)NNC(=O)c1nn(CCC)c(=O)c2ccccc12)c1ccccc1. The average molecular weight is 406 g/mol. The van der Waals surface area contributed by atoms with E-state index in [0.717, 1.165) is 12.0 Å². The number of benzene rings is 2. The number of aromatic nitrogens is 2. The smallest absolute Gasteiger partial charge is 0.273 e. The molecule has 0 aliphatic heterocycles. The molecule has 0 saturated carbocycles. The molecule has 0 fully saturated rings. The number of rotatable bonds is 7. The Labute approximate surface area is 175 Å². The minimum atomic E-state index is -0.562. The number of carbonyl (C=O) groups excluding carboxylic acids is 2. The number of nitrogens with zero attached hydrogens (tertiary/aromatic N) is 2. The number of fused-ring (bicyclic) bond motifs is 1. The van der Waals surface area contributed by atoms with E-state index in [4.69, 9.17) is 0 Å². The van der Waals surface area contributed by atoms with Crippen LogP contribution in [0.2, 0.25) is 0 Å². The summed E-state index contributed by atoms with van der Waals surface area (Å²) in [6.45, 7) is 4.35. The van der Waals surface area contributed by atoms with Gasteiger partial charge in [0.1, 0.15) is 0 Å². The molecule has 3 aromatic rings. The van der Waals surface area contributed by atoms with Crippen LogP contribution in [0.25, 0.3) is 10.8 Å². The molecule has 0 bridgehead atoms. The number of amides is 2. The first-order chi connectivity index (χ1) is 14.6. The van der Waals surface area contributed by atoms with Crippen molar-refractivity contribution < 1.29 is 9.59 Å². The molecule has 30 heavy (non-hydrogen) atoms. The molecule has 0 aliphatic rings. The Bertz CT molecular complexity index is 1090. The Kier molecular flexibility index (Phi) is 6.95. The van der Waals surface area contributed by atoms with Crippen molar-refractivity contribution in [2.45, 2.75) is 45.6 Å². The van der Waals surface area contributed by atoms with Gasteiger partial charge in [0, 0.05) is 11.9 Å². The average Bonchev–Trinajstić information content (AvgIpc) is 2.78. The van der Waals surface area contributed by atoms with Crippen molar-refractivity contribution in [2.75, 3.05) is 0 Å². The normalized spacial score (nSPS) is 11.8. The zero-order valence-electron chi connectivity index (χ0n) is 17.2. The highest BCUT2D eigenvalue weighted by atomic mass is 16.2. The van der Waals surface area contributed by atoms with Gasteiger partial charge in [-0.15, -0.1) is 0 Å². The monoisotopic (exact) mass is 406 g/mol. The maximum atomic E-state index is 12.8. The Balaban J connectivity index is 1.83. The molecule has 1 heterocycles. The van der Waals surface area contributed by atoms with Crippen LogP contribution in [0.5, 0.6) is 0 Å². The van der Waals surface area contributed by atoms with E-state index in [2.05, 4.69) is 16.0 Å². The van der Waals surface area contributed by atoms with Crippen LogP contribution in [0.15, 0.2) is 59.4 Å². The first kappa shape index (κ1) is 21.2. The molecule has 1 atom stereocenters. The first-order valence-corrected chi connectivity index (χ1v) is 10.2. The zero-order chi connectivity index (χ0) is 21.5. The molecule has 0 saturated heterocycles. The van der Waals surface area contributed by atoms with Crippen molar-refractivity contribution in [3.8, 4) is 0 Å². The second kappa shape index (κ2) is 9.82. The van der Waals surface area contributed by atoms with Gasteiger partial charge in [-0.2, -0.15) is 5.10 Å². The maximum Gasteiger partial charge on any atom is 0.290 e. The summed E-state index contributed by atoms with van der Waals surface area (Å²) in [6, 6.07) is 16.3. The Morgan fingerprint density at radius 3 is 2.27 bits per heavy atom. The van der Waals surface area contributed by atoms with Crippen LogP contribution in [0.3, 0.4) is 0 Å². The summed E-state index contributed by atoms with van der Waals surface area (Å²) >= 11 is 0. The summed E-state index contributed by atoms with van der Waals surface area (Å²) in [5.41, 5.74) is 5.76. The predicted octanol–water partition coefficient (Wildman–Crippen LogP) is 3.15. The second-order valence-electron chi connectivity index (χ2n) is 7.12. The molecular weight excluding hydrogens is 380 g/mol. The number of hydrogen-bond donors (Lipinski definition) is 2.